The minimum Gasteiger partial charge on any atom is -0.327 e. The normalized spacial score (nSPS) is 7.00. The van der Waals surface area contributed by atoms with E-state index in [0.717, 1.165) is 0 Å². The van der Waals surface area contributed by atoms with Crippen molar-refractivity contribution in [3.63, 3.8) is 0 Å². The average Bonchev–Trinajstić information content (AvgIpc) is 0.811. The molecule has 0 saturated carbocycles. The maximum absolute atomic E-state index is 9.63. The monoisotopic (exact) mass is 114 g/mol. The van der Waals surface area contributed by atoms with Gasteiger partial charge in [-0.2, -0.15) is 0 Å². The lowest BCUT2D eigenvalue weighted by Crippen LogP contribution is -1.33. The van der Waals surface area contributed by atoms with Crippen molar-refractivity contribution in [1.82, 2.24) is 0 Å². The van der Waals surface area contributed by atoms with Crippen molar-refractivity contribution in [1.29, 1.82) is 0 Å². The van der Waals surface area contributed by atoms with Gasteiger partial charge in [-0.3, -0.25) is 0 Å². The van der Waals surface area contributed by atoms with E-state index in [1.54, 1.807) is 13.3 Å². The molecule has 0 radical (unpaired) electrons. The third-order valence-corrected chi connectivity index (χ3v) is 0. The summed E-state index contributed by atoms with van der Waals surface area (Å²) in [5, 5.41) is 0. The minimum absolute atomic E-state index is 0. The smallest absolute Gasteiger partial charge is 0.0703 e. The van der Waals surface area contributed by atoms with Crippen molar-refractivity contribution in [3.05, 3.63) is 0 Å². The van der Waals surface area contributed by atoms with Crippen molar-refractivity contribution in [2.75, 3.05) is 13.3 Å². The lowest BCUT2D eigenvalue weighted by atomic mass is 11.9. The first-order valence-corrected chi connectivity index (χ1v) is 3.61. The SMILES string of the molecule is C[PH](C)=O.Cl. The molecule has 0 spiro atoms. The fraction of sp³-hybridized carbons (Fsp3) is 1.00. The van der Waals surface area contributed by atoms with Gasteiger partial charge in [0.1, 0.15) is 0 Å². The zero-order valence-corrected chi connectivity index (χ0v) is 5.13. The van der Waals surface area contributed by atoms with Crippen LogP contribution in [0.15, 0.2) is 0 Å². The molecule has 0 N–H and O–H groups in total. The molecule has 0 atom stereocenters. The van der Waals surface area contributed by atoms with E-state index in [4.69, 9.17) is 0 Å². The van der Waals surface area contributed by atoms with Gasteiger partial charge in [0.25, 0.3) is 0 Å². The average molecular weight is 115 g/mol. The molecule has 0 aliphatic heterocycles. The Morgan fingerprint density at radius 2 is 1.40 bits per heavy atom. The van der Waals surface area contributed by atoms with Gasteiger partial charge >= 0.3 is 0 Å². The summed E-state index contributed by atoms with van der Waals surface area (Å²) in [4.78, 5) is 0. The number of hydrogen-bond acceptors (Lipinski definition) is 1. The largest absolute Gasteiger partial charge is 0.327 e. The highest BCUT2D eigenvalue weighted by Crippen LogP contribution is 2.00. The molecule has 0 aromatic heterocycles. The second-order valence-electron chi connectivity index (χ2n) is 0.908. The molecular formula is C2H8ClOP. The molecule has 34 valence electrons. The summed E-state index contributed by atoms with van der Waals surface area (Å²) in [5.74, 6) is 0. The van der Waals surface area contributed by atoms with Gasteiger partial charge in [0.05, 0.1) is 7.80 Å². The van der Waals surface area contributed by atoms with Crippen LogP contribution in [0.2, 0.25) is 0 Å². The fourth-order valence-electron chi connectivity index (χ4n) is 0. The van der Waals surface area contributed by atoms with Gasteiger partial charge in [0, 0.05) is 0 Å². The van der Waals surface area contributed by atoms with Gasteiger partial charge in [-0.05, 0) is 13.3 Å². The van der Waals surface area contributed by atoms with E-state index < -0.39 is 7.80 Å². The van der Waals surface area contributed by atoms with E-state index in [0.29, 0.717) is 0 Å². The Labute approximate surface area is 39.0 Å². The Balaban J connectivity index is 0. The van der Waals surface area contributed by atoms with Crippen molar-refractivity contribution in [2.45, 2.75) is 0 Å². The summed E-state index contributed by atoms with van der Waals surface area (Å²) in [6.45, 7) is 3.43. The Bertz CT molecular complexity index is 32.6. The summed E-state index contributed by atoms with van der Waals surface area (Å²) in [6.07, 6.45) is 0. The Morgan fingerprint density at radius 1 is 1.40 bits per heavy atom. The Kier molecular flexibility index (Phi) is 8.23. The van der Waals surface area contributed by atoms with Crippen molar-refractivity contribution >= 4 is 20.2 Å². The van der Waals surface area contributed by atoms with Crippen LogP contribution in [0.3, 0.4) is 0 Å². The van der Waals surface area contributed by atoms with Gasteiger partial charge in [-0.15, -0.1) is 12.4 Å². The van der Waals surface area contributed by atoms with Crippen LogP contribution in [0.5, 0.6) is 0 Å². The molecule has 0 aliphatic carbocycles. The standard InChI is InChI=1S/C2H7OP.ClH/c1-4(2)3;/h4H,1-2H3;1H. The molecule has 0 aromatic carbocycles. The van der Waals surface area contributed by atoms with Gasteiger partial charge in [-0.25, -0.2) is 0 Å². The molecule has 0 rings (SSSR count). The van der Waals surface area contributed by atoms with Gasteiger partial charge < -0.3 is 4.57 Å². The Morgan fingerprint density at radius 3 is 1.40 bits per heavy atom. The highest BCUT2D eigenvalue weighted by Gasteiger charge is 1.58. The molecule has 0 aliphatic rings. The lowest BCUT2D eigenvalue weighted by Gasteiger charge is -1.59. The second kappa shape index (κ2) is 4.52. The van der Waals surface area contributed by atoms with Crippen molar-refractivity contribution in [3.8, 4) is 0 Å². The molecule has 5 heavy (non-hydrogen) atoms. The molecule has 1 nitrogen and oxygen atoms in total. The highest BCUT2D eigenvalue weighted by atomic mass is 35.5. The molecule has 3 heteroatoms. The van der Waals surface area contributed by atoms with Gasteiger partial charge in [0.2, 0.25) is 0 Å². The lowest BCUT2D eigenvalue weighted by molar-refractivity contribution is 0.594. The second-order valence-corrected chi connectivity index (χ2v) is 2.72. The predicted molar refractivity (Wildman–Crippen MR) is 28.1 cm³/mol. The van der Waals surface area contributed by atoms with E-state index in [1.165, 1.54) is 0 Å². The molecule has 0 unspecified atom stereocenters. The van der Waals surface area contributed by atoms with Crippen LogP contribution in [0.25, 0.3) is 0 Å². The van der Waals surface area contributed by atoms with Gasteiger partial charge in [-0.1, -0.05) is 0 Å². The molecule has 0 bridgehead atoms. The maximum Gasteiger partial charge on any atom is 0.0703 e. The van der Waals surface area contributed by atoms with Crippen LogP contribution < -0.4 is 0 Å². The molecule has 0 amide bonds. The zero-order valence-electron chi connectivity index (χ0n) is 3.32. The van der Waals surface area contributed by atoms with Crippen LogP contribution in [0, 0.1) is 0 Å². The zero-order chi connectivity index (χ0) is 3.58. The summed E-state index contributed by atoms with van der Waals surface area (Å²) in [5.41, 5.74) is 0. The number of hydrogen-bond donors (Lipinski definition) is 0. The van der Waals surface area contributed by atoms with Crippen LogP contribution in [0.4, 0.5) is 0 Å². The van der Waals surface area contributed by atoms with Crippen molar-refractivity contribution in [2.24, 2.45) is 0 Å². The summed E-state index contributed by atoms with van der Waals surface area (Å²) < 4.78 is 9.63. The maximum atomic E-state index is 9.63. The van der Waals surface area contributed by atoms with Crippen LogP contribution in [-0.2, 0) is 4.57 Å². The molecule has 0 aromatic rings. The first kappa shape index (κ1) is 9.10. The molecule has 0 heterocycles. The topological polar surface area (TPSA) is 17.1 Å². The third kappa shape index (κ3) is 106. The predicted octanol–water partition coefficient (Wildman–Crippen LogP) is 1.23. The third-order valence-electron chi connectivity index (χ3n) is 0. The molecule has 0 saturated heterocycles. The quantitative estimate of drug-likeness (QED) is 0.433. The van der Waals surface area contributed by atoms with Crippen LogP contribution in [-0.4, -0.2) is 13.3 Å². The van der Waals surface area contributed by atoms with E-state index in [2.05, 4.69) is 0 Å². The van der Waals surface area contributed by atoms with Crippen LogP contribution in [0.1, 0.15) is 0 Å². The number of rotatable bonds is 0. The van der Waals surface area contributed by atoms with E-state index >= 15 is 0 Å². The molecular weight excluding hydrogens is 106 g/mol. The number of halogens is 1. The Hall–Kier alpha value is 0.520. The summed E-state index contributed by atoms with van der Waals surface area (Å²) >= 11 is 0. The fourth-order valence-corrected chi connectivity index (χ4v) is 0. The first-order valence-electron chi connectivity index (χ1n) is 1.20. The first-order chi connectivity index (χ1) is 1.73. The summed E-state index contributed by atoms with van der Waals surface area (Å²) in [6, 6.07) is 0. The van der Waals surface area contributed by atoms with E-state index in [1.807, 2.05) is 0 Å². The van der Waals surface area contributed by atoms with Crippen LogP contribution >= 0.6 is 20.2 Å². The summed E-state index contributed by atoms with van der Waals surface area (Å²) in [7, 11) is -1.13. The highest BCUT2D eigenvalue weighted by molar-refractivity contribution is 7.42. The van der Waals surface area contributed by atoms with E-state index in [-0.39, 0.29) is 12.4 Å². The van der Waals surface area contributed by atoms with Gasteiger partial charge in [0.15, 0.2) is 0 Å². The minimum atomic E-state index is -1.13. The molecule has 0 fully saturated rings. The van der Waals surface area contributed by atoms with E-state index in [9.17, 15) is 4.57 Å². The van der Waals surface area contributed by atoms with Crippen molar-refractivity contribution < 1.29 is 4.57 Å².